The van der Waals surface area contributed by atoms with Crippen LogP contribution in [0.25, 0.3) is 0 Å². The minimum absolute atomic E-state index is 0.0844. The van der Waals surface area contributed by atoms with Gasteiger partial charge in [0, 0.05) is 18.4 Å². The predicted octanol–water partition coefficient (Wildman–Crippen LogP) is 2.15. The Morgan fingerprint density at radius 3 is 2.19 bits per heavy atom. The van der Waals surface area contributed by atoms with E-state index in [9.17, 15) is 23.2 Å². The van der Waals surface area contributed by atoms with Gasteiger partial charge in [-0.05, 0) is 36.4 Å². The molecule has 0 saturated carbocycles. The Labute approximate surface area is 148 Å². The van der Waals surface area contributed by atoms with E-state index in [4.69, 9.17) is 4.74 Å². The van der Waals surface area contributed by atoms with Gasteiger partial charge in [-0.25, -0.2) is 8.78 Å². The van der Waals surface area contributed by atoms with Gasteiger partial charge in [0.2, 0.25) is 5.91 Å². The van der Waals surface area contributed by atoms with E-state index in [0.29, 0.717) is 5.56 Å². The normalized spacial score (nSPS) is 10.1. The number of hydrazine groups is 1. The molecule has 2 aromatic carbocycles. The molecule has 0 atom stereocenters. The summed E-state index contributed by atoms with van der Waals surface area (Å²) in [4.78, 5) is 35.0. The summed E-state index contributed by atoms with van der Waals surface area (Å²) in [7, 11) is 0. The molecule has 0 unspecified atom stereocenters. The van der Waals surface area contributed by atoms with Gasteiger partial charge in [0.05, 0.1) is 0 Å². The van der Waals surface area contributed by atoms with Crippen molar-refractivity contribution >= 4 is 17.6 Å². The van der Waals surface area contributed by atoms with Crippen molar-refractivity contribution in [2.75, 3.05) is 6.61 Å². The minimum Gasteiger partial charge on any atom is -0.481 e. The van der Waals surface area contributed by atoms with Crippen molar-refractivity contribution in [3.8, 4) is 5.75 Å². The second-order valence-electron chi connectivity index (χ2n) is 5.25. The maximum Gasteiger partial charge on any atom is 0.276 e. The first kappa shape index (κ1) is 19.0. The fraction of sp³-hybridized carbons (Fsp3) is 0.167. The highest BCUT2D eigenvalue weighted by molar-refractivity contribution is 5.98. The number of hydrogen-bond acceptors (Lipinski definition) is 4. The molecule has 2 rings (SSSR count). The molecule has 0 aliphatic carbocycles. The molecule has 2 N–H and O–H groups in total. The molecule has 0 bridgehead atoms. The Hall–Kier alpha value is -3.29. The van der Waals surface area contributed by atoms with Crippen LogP contribution in [0.2, 0.25) is 0 Å². The molecule has 136 valence electrons. The zero-order valence-corrected chi connectivity index (χ0v) is 13.6. The summed E-state index contributed by atoms with van der Waals surface area (Å²) in [6.45, 7) is -0.490. The van der Waals surface area contributed by atoms with Crippen LogP contribution in [0.15, 0.2) is 48.5 Å². The van der Waals surface area contributed by atoms with Gasteiger partial charge < -0.3 is 4.74 Å². The maximum absolute atomic E-state index is 13.3. The van der Waals surface area contributed by atoms with E-state index in [1.807, 2.05) is 0 Å². The molecule has 2 amide bonds. The number of amides is 2. The van der Waals surface area contributed by atoms with E-state index >= 15 is 0 Å². The predicted molar refractivity (Wildman–Crippen MR) is 88.1 cm³/mol. The van der Waals surface area contributed by atoms with Gasteiger partial charge >= 0.3 is 0 Å². The van der Waals surface area contributed by atoms with Gasteiger partial charge in [-0.2, -0.15) is 0 Å². The first-order valence-corrected chi connectivity index (χ1v) is 7.69. The molecule has 0 aliphatic heterocycles. The quantitative estimate of drug-likeness (QED) is 0.584. The molecule has 0 fully saturated rings. The zero-order valence-electron chi connectivity index (χ0n) is 13.6. The van der Waals surface area contributed by atoms with Crippen LogP contribution in [0.5, 0.6) is 5.75 Å². The minimum atomic E-state index is -0.688. The molecular weight excluding hydrogens is 346 g/mol. The topological polar surface area (TPSA) is 84.5 Å². The molecule has 2 aromatic rings. The van der Waals surface area contributed by atoms with Crippen molar-refractivity contribution in [3.63, 3.8) is 0 Å². The summed E-state index contributed by atoms with van der Waals surface area (Å²) in [6.07, 6.45) is -0.260. The van der Waals surface area contributed by atoms with Crippen molar-refractivity contribution in [3.05, 3.63) is 65.7 Å². The lowest BCUT2D eigenvalue weighted by atomic mass is 10.1. The fourth-order valence-corrected chi connectivity index (χ4v) is 1.95. The molecule has 0 spiro atoms. The van der Waals surface area contributed by atoms with Crippen LogP contribution in [0.3, 0.4) is 0 Å². The van der Waals surface area contributed by atoms with E-state index in [0.717, 1.165) is 12.1 Å². The van der Waals surface area contributed by atoms with Crippen LogP contribution < -0.4 is 15.6 Å². The average Bonchev–Trinajstić information content (AvgIpc) is 2.64. The first-order valence-electron chi connectivity index (χ1n) is 7.69. The van der Waals surface area contributed by atoms with Crippen molar-refractivity contribution in [1.29, 1.82) is 0 Å². The SMILES string of the molecule is O=C(CCC(=O)c1ccc(F)cc1)NNC(=O)COc1ccccc1F. The Balaban J connectivity index is 1.68. The Bertz CT molecular complexity index is 794. The highest BCUT2D eigenvalue weighted by atomic mass is 19.1. The number of carbonyl (C=O) groups is 3. The third-order valence-corrected chi connectivity index (χ3v) is 3.28. The number of hydrogen-bond donors (Lipinski definition) is 2. The largest absolute Gasteiger partial charge is 0.481 e. The van der Waals surface area contributed by atoms with Crippen LogP contribution in [0, 0.1) is 11.6 Å². The Kier molecular flexibility index (Phi) is 6.78. The Morgan fingerprint density at radius 1 is 0.846 bits per heavy atom. The lowest BCUT2D eigenvalue weighted by molar-refractivity contribution is -0.130. The van der Waals surface area contributed by atoms with Gasteiger partial charge in [-0.3, -0.25) is 25.2 Å². The van der Waals surface area contributed by atoms with Crippen LogP contribution in [0.1, 0.15) is 23.2 Å². The smallest absolute Gasteiger partial charge is 0.276 e. The maximum atomic E-state index is 13.3. The molecule has 0 aromatic heterocycles. The van der Waals surface area contributed by atoms with Gasteiger partial charge in [-0.1, -0.05) is 12.1 Å². The molecule has 6 nitrogen and oxygen atoms in total. The number of ether oxygens (including phenoxy) is 1. The van der Waals surface area contributed by atoms with E-state index < -0.39 is 30.1 Å². The molecular formula is C18H16F2N2O4. The second-order valence-corrected chi connectivity index (χ2v) is 5.25. The molecule has 8 heteroatoms. The summed E-state index contributed by atoms with van der Waals surface area (Å²) in [5.74, 6) is -2.75. The van der Waals surface area contributed by atoms with Crippen molar-refractivity contribution in [1.82, 2.24) is 10.9 Å². The monoisotopic (exact) mass is 362 g/mol. The number of carbonyl (C=O) groups excluding carboxylic acids is 3. The summed E-state index contributed by atoms with van der Waals surface area (Å²) in [5, 5.41) is 0. The summed E-state index contributed by atoms with van der Waals surface area (Å²) in [5.41, 5.74) is 4.51. The fourth-order valence-electron chi connectivity index (χ4n) is 1.95. The third-order valence-electron chi connectivity index (χ3n) is 3.28. The molecule has 0 heterocycles. The second kappa shape index (κ2) is 9.26. The van der Waals surface area contributed by atoms with Gasteiger partial charge in [-0.15, -0.1) is 0 Å². The summed E-state index contributed by atoms with van der Waals surface area (Å²) in [6, 6.07) is 10.6. The number of benzene rings is 2. The molecule has 0 aliphatic rings. The van der Waals surface area contributed by atoms with Crippen LogP contribution in [-0.2, 0) is 9.59 Å². The van der Waals surface area contributed by atoms with Crippen molar-refractivity contribution in [2.45, 2.75) is 12.8 Å². The highest BCUT2D eigenvalue weighted by Gasteiger charge is 2.11. The summed E-state index contributed by atoms with van der Waals surface area (Å²) >= 11 is 0. The van der Waals surface area contributed by atoms with Crippen molar-refractivity contribution < 1.29 is 27.9 Å². The number of nitrogens with one attached hydrogen (secondary N) is 2. The molecule has 26 heavy (non-hydrogen) atoms. The zero-order chi connectivity index (χ0) is 18.9. The van der Waals surface area contributed by atoms with Crippen LogP contribution in [-0.4, -0.2) is 24.2 Å². The van der Waals surface area contributed by atoms with E-state index in [2.05, 4.69) is 10.9 Å². The first-order chi connectivity index (χ1) is 12.5. The van der Waals surface area contributed by atoms with E-state index in [1.165, 1.54) is 30.3 Å². The third kappa shape index (κ3) is 5.97. The average molecular weight is 362 g/mol. The van der Waals surface area contributed by atoms with Gasteiger partial charge in [0.25, 0.3) is 5.91 Å². The summed E-state index contributed by atoms with van der Waals surface area (Å²) < 4.78 is 31.1. The lowest BCUT2D eigenvalue weighted by Gasteiger charge is -2.09. The number of ketones is 1. The number of para-hydroxylation sites is 1. The van der Waals surface area contributed by atoms with E-state index in [-0.39, 0.29) is 24.4 Å². The Morgan fingerprint density at radius 2 is 1.50 bits per heavy atom. The van der Waals surface area contributed by atoms with Crippen LogP contribution in [0.4, 0.5) is 8.78 Å². The van der Waals surface area contributed by atoms with E-state index in [1.54, 1.807) is 6.07 Å². The van der Waals surface area contributed by atoms with Gasteiger partial charge in [0.15, 0.2) is 24.0 Å². The number of rotatable bonds is 7. The highest BCUT2D eigenvalue weighted by Crippen LogP contribution is 2.14. The van der Waals surface area contributed by atoms with Crippen LogP contribution >= 0.6 is 0 Å². The number of halogens is 2. The molecule has 0 saturated heterocycles. The van der Waals surface area contributed by atoms with Crippen molar-refractivity contribution in [2.24, 2.45) is 0 Å². The van der Waals surface area contributed by atoms with Gasteiger partial charge in [0.1, 0.15) is 5.82 Å². The standard InChI is InChI=1S/C18H16F2N2O4/c19-13-7-5-12(6-8-13)15(23)9-10-17(24)21-22-18(25)11-26-16-4-2-1-3-14(16)20/h1-8H,9-11H2,(H,21,24)(H,22,25). The number of Topliss-reactive ketones (excluding diaryl/α,β-unsaturated/α-hetero) is 1. The lowest BCUT2D eigenvalue weighted by Crippen LogP contribution is -2.43. The molecule has 0 radical (unpaired) electrons.